The van der Waals surface area contributed by atoms with Crippen LogP contribution in [0.3, 0.4) is 0 Å². The van der Waals surface area contributed by atoms with Crippen LogP contribution in [0, 0.1) is 0 Å². The molecule has 3 N–H and O–H groups in total. The van der Waals surface area contributed by atoms with Crippen molar-refractivity contribution in [2.45, 2.75) is 24.5 Å². The van der Waals surface area contributed by atoms with Crippen molar-refractivity contribution >= 4 is 16.1 Å². The van der Waals surface area contributed by atoms with Crippen molar-refractivity contribution in [3.63, 3.8) is 0 Å². The third kappa shape index (κ3) is 3.99. The Kier molecular flexibility index (Phi) is 5.37. The van der Waals surface area contributed by atoms with Crippen molar-refractivity contribution in [2.75, 3.05) is 13.2 Å². The lowest BCUT2D eigenvalue weighted by atomic mass is 10.0. The van der Waals surface area contributed by atoms with E-state index in [2.05, 4.69) is 4.74 Å². The van der Waals surface area contributed by atoms with Gasteiger partial charge in [-0.1, -0.05) is 6.92 Å². The molecule has 0 aromatic rings. The topological polar surface area (TPSA) is 113 Å². The summed E-state index contributed by atoms with van der Waals surface area (Å²) in [5, 5.41) is 17.7. The van der Waals surface area contributed by atoms with E-state index in [9.17, 15) is 26.4 Å². The van der Waals surface area contributed by atoms with Crippen LogP contribution in [0.4, 0.5) is 18.0 Å². The van der Waals surface area contributed by atoms with E-state index in [1.54, 1.807) is 0 Å². The summed E-state index contributed by atoms with van der Waals surface area (Å²) in [6, 6.07) is 0. The summed E-state index contributed by atoms with van der Waals surface area (Å²) in [5.41, 5.74) is -7.51. The number of carbonyl (C=O) groups is 1. The van der Waals surface area contributed by atoms with Gasteiger partial charge in [0, 0.05) is 0 Å². The van der Waals surface area contributed by atoms with Crippen molar-refractivity contribution in [2.24, 2.45) is 0 Å². The number of carbonyl (C=O) groups excluding carboxylic acids is 1. The normalized spacial score (nSPS) is 13.2. The van der Waals surface area contributed by atoms with Gasteiger partial charge in [-0.3, -0.25) is 0 Å². The van der Waals surface area contributed by atoms with Gasteiger partial charge in [0.2, 0.25) is 0 Å². The molecule has 11 heteroatoms. The molecule has 0 unspecified atom stereocenters. The molecule has 0 bridgehead atoms. The van der Waals surface area contributed by atoms with Crippen LogP contribution in [-0.4, -0.2) is 49.0 Å². The smallest absolute Gasteiger partial charge is 0.437 e. The van der Waals surface area contributed by atoms with E-state index in [4.69, 9.17) is 10.2 Å². The van der Waals surface area contributed by atoms with Crippen LogP contribution >= 0.6 is 0 Å². The number of aliphatic hydroxyl groups is 2. The average Bonchev–Trinajstić information content (AvgIpc) is 2.24. The number of alkyl halides is 3. The molecule has 108 valence electrons. The summed E-state index contributed by atoms with van der Waals surface area (Å²) >= 11 is 0. The number of sulfonamides is 1. The first-order chi connectivity index (χ1) is 8.03. The number of hydrogen-bond acceptors (Lipinski definition) is 6. The van der Waals surface area contributed by atoms with Crippen LogP contribution in [-0.2, 0) is 14.8 Å². The highest BCUT2D eigenvalue weighted by atomic mass is 32.2. The average molecular weight is 295 g/mol. The molecule has 0 aromatic carbocycles. The summed E-state index contributed by atoms with van der Waals surface area (Å²) < 4.78 is 61.8. The van der Waals surface area contributed by atoms with Crippen LogP contribution in [0.2, 0.25) is 0 Å². The molecule has 0 heterocycles. The largest absolute Gasteiger partial charge is 0.516 e. The van der Waals surface area contributed by atoms with Crippen molar-refractivity contribution in [1.29, 1.82) is 0 Å². The Balaban J connectivity index is 4.82. The predicted octanol–water partition coefficient (Wildman–Crippen LogP) is -0.304. The molecule has 0 radical (unpaired) electrons. The second-order valence-electron chi connectivity index (χ2n) is 3.29. The van der Waals surface area contributed by atoms with Crippen LogP contribution in [0.15, 0.2) is 0 Å². The summed E-state index contributed by atoms with van der Waals surface area (Å²) in [5.74, 6) is 0. The predicted molar refractivity (Wildman–Crippen MR) is 51.8 cm³/mol. The number of aliphatic hydroxyl groups excluding tert-OH is 2. The maximum absolute atomic E-state index is 11.9. The van der Waals surface area contributed by atoms with Crippen LogP contribution in [0.5, 0.6) is 0 Å². The maximum Gasteiger partial charge on any atom is 0.516 e. The molecule has 0 aliphatic heterocycles. The van der Waals surface area contributed by atoms with Crippen LogP contribution in [0.1, 0.15) is 13.3 Å². The fourth-order valence-electron chi connectivity index (χ4n) is 0.795. The first-order valence-electron chi connectivity index (χ1n) is 4.57. The summed E-state index contributed by atoms with van der Waals surface area (Å²) in [6.45, 7) is -0.378. The molecule has 0 rings (SSSR count). The van der Waals surface area contributed by atoms with E-state index in [0.29, 0.717) is 4.72 Å². The first kappa shape index (κ1) is 16.9. The van der Waals surface area contributed by atoms with Gasteiger partial charge < -0.3 is 14.9 Å². The lowest BCUT2D eigenvalue weighted by Gasteiger charge is -2.28. The standard InChI is InChI=1S/C7H12F3NO6S/c1-2-6(3-12,4-13)17-5(14)11-18(15,16)7(8,9)10/h12-13H,2-4H2,1H3,(H,11,14). The van der Waals surface area contributed by atoms with E-state index in [1.165, 1.54) is 6.92 Å². The van der Waals surface area contributed by atoms with Gasteiger partial charge in [0.15, 0.2) is 5.60 Å². The van der Waals surface area contributed by atoms with Gasteiger partial charge in [-0.25, -0.2) is 9.52 Å². The number of rotatable bonds is 5. The van der Waals surface area contributed by atoms with Crippen molar-refractivity contribution in [1.82, 2.24) is 4.72 Å². The number of ether oxygens (including phenoxy) is 1. The minimum absolute atomic E-state index is 0.126. The zero-order valence-corrected chi connectivity index (χ0v) is 10.0. The third-order valence-corrected chi connectivity index (χ3v) is 3.10. The Morgan fingerprint density at radius 1 is 1.28 bits per heavy atom. The number of hydrogen-bond donors (Lipinski definition) is 3. The van der Waals surface area contributed by atoms with Gasteiger partial charge in [-0.2, -0.15) is 21.6 Å². The Morgan fingerprint density at radius 2 is 1.72 bits per heavy atom. The minimum atomic E-state index is -5.88. The number of amides is 1. The SMILES string of the molecule is CCC(CO)(CO)OC(=O)NS(=O)(=O)C(F)(F)F. The van der Waals surface area contributed by atoms with Gasteiger partial charge in [-0.05, 0) is 6.42 Å². The van der Waals surface area contributed by atoms with Crippen molar-refractivity contribution < 1.29 is 41.3 Å². The van der Waals surface area contributed by atoms with E-state index in [0.717, 1.165) is 0 Å². The highest BCUT2D eigenvalue weighted by molar-refractivity contribution is 7.90. The molecule has 1 amide bonds. The molecular formula is C7H12F3NO6S. The van der Waals surface area contributed by atoms with Gasteiger partial charge in [0.1, 0.15) is 0 Å². The Morgan fingerprint density at radius 3 is 2.00 bits per heavy atom. The van der Waals surface area contributed by atoms with Crippen molar-refractivity contribution in [3.8, 4) is 0 Å². The maximum atomic E-state index is 11.9. The van der Waals surface area contributed by atoms with Gasteiger partial charge in [0.25, 0.3) is 0 Å². The first-order valence-corrected chi connectivity index (χ1v) is 6.05. The zero-order chi connectivity index (χ0) is 14.6. The molecule has 18 heavy (non-hydrogen) atoms. The van der Waals surface area contributed by atoms with Crippen LogP contribution < -0.4 is 4.72 Å². The zero-order valence-electron chi connectivity index (χ0n) is 9.19. The van der Waals surface area contributed by atoms with Crippen molar-refractivity contribution in [3.05, 3.63) is 0 Å². The fourth-order valence-corrected chi connectivity index (χ4v) is 1.17. The van der Waals surface area contributed by atoms with Gasteiger partial charge >= 0.3 is 21.6 Å². The molecule has 0 fully saturated rings. The Bertz CT molecular complexity index is 380. The fraction of sp³-hybridized carbons (Fsp3) is 0.857. The monoisotopic (exact) mass is 295 g/mol. The molecule has 0 aliphatic carbocycles. The Labute approximate surface area is 101 Å². The van der Waals surface area contributed by atoms with Crippen LogP contribution in [0.25, 0.3) is 0 Å². The van der Waals surface area contributed by atoms with E-state index in [-0.39, 0.29) is 6.42 Å². The second-order valence-corrected chi connectivity index (χ2v) is 4.97. The summed E-state index contributed by atoms with van der Waals surface area (Å²) in [6.07, 6.45) is -2.06. The highest BCUT2D eigenvalue weighted by Gasteiger charge is 2.48. The van der Waals surface area contributed by atoms with E-state index in [1.807, 2.05) is 0 Å². The highest BCUT2D eigenvalue weighted by Crippen LogP contribution is 2.22. The number of nitrogens with one attached hydrogen (secondary N) is 1. The quantitative estimate of drug-likeness (QED) is 0.641. The number of halogens is 3. The molecular weight excluding hydrogens is 283 g/mol. The lowest BCUT2D eigenvalue weighted by Crippen LogP contribution is -2.48. The molecule has 0 saturated heterocycles. The third-order valence-electron chi connectivity index (χ3n) is 2.05. The molecule has 0 atom stereocenters. The Hall–Kier alpha value is -1.07. The van der Waals surface area contributed by atoms with E-state index >= 15 is 0 Å². The summed E-state index contributed by atoms with van der Waals surface area (Å²) in [4.78, 5) is 11.0. The molecule has 0 spiro atoms. The molecule has 0 aromatic heterocycles. The summed E-state index contributed by atoms with van der Waals surface area (Å²) in [7, 11) is -5.88. The van der Waals surface area contributed by atoms with E-state index < -0.39 is 40.4 Å². The molecule has 0 aliphatic rings. The minimum Gasteiger partial charge on any atom is -0.437 e. The van der Waals surface area contributed by atoms with Gasteiger partial charge in [-0.15, -0.1) is 0 Å². The lowest BCUT2D eigenvalue weighted by molar-refractivity contribution is -0.0667. The van der Waals surface area contributed by atoms with Gasteiger partial charge in [0.05, 0.1) is 13.2 Å². The second kappa shape index (κ2) is 5.71. The molecule has 7 nitrogen and oxygen atoms in total. The molecule has 0 saturated carbocycles.